The Morgan fingerprint density at radius 3 is 2.62 bits per heavy atom. The minimum absolute atomic E-state index is 0.0204. The van der Waals surface area contributed by atoms with E-state index >= 15 is 0 Å². The van der Waals surface area contributed by atoms with E-state index in [2.05, 4.69) is 20.3 Å². The highest BCUT2D eigenvalue weighted by molar-refractivity contribution is 7.91. The first-order valence-electron chi connectivity index (χ1n) is 8.18. The van der Waals surface area contributed by atoms with Crippen LogP contribution >= 0.6 is 0 Å². The van der Waals surface area contributed by atoms with Crippen molar-refractivity contribution < 1.29 is 13.2 Å². The Kier molecular flexibility index (Phi) is 4.12. The van der Waals surface area contributed by atoms with E-state index in [0.717, 1.165) is 16.5 Å². The molecule has 4 rings (SSSR count). The van der Waals surface area contributed by atoms with E-state index < -0.39 is 9.84 Å². The Bertz CT molecular complexity index is 1080. The Morgan fingerprint density at radius 2 is 1.88 bits per heavy atom. The Labute approximate surface area is 150 Å². The van der Waals surface area contributed by atoms with Gasteiger partial charge in [0.25, 0.3) is 5.91 Å². The third-order valence-electron chi connectivity index (χ3n) is 4.40. The molecule has 4 heterocycles. The zero-order chi connectivity index (χ0) is 18.1. The van der Waals surface area contributed by atoms with Crippen LogP contribution in [0.15, 0.2) is 49.1 Å². The summed E-state index contributed by atoms with van der Waals surface area (Å²) in [4.78, 5) is 25.2. The zero-order valence-electron chi connectivity index (χ0n) is 13.8. The average molecular weight is 368 g/mol. The normalized spacial score (nSPS) is 18.7. The number of nitrogens with one attached hydrogen (secondary N) is 1. The standard InChI is InChI=1S/C18H16N4O3S/c23-18(21-13-4-8-26(24,25)11-13)17-9-14(12-1-5-19-6-2-12)15-10-20-7-3-16(15)22-17/h1-3,5-7,9-10,13H,4,8,11H2,(H,21,23)/t13-/m1/s1. The Hall–Kier alpha value is -2.87. The minimum Gasteiger partial charge on any atom is -0.347 e. The van der Waals surface area contributed by atoms with Gasteiger partial charge in [-0.05, 0) is 41.8 Å². The van der Waals surface area contributed by atoms with Gasteiger partial charge in [-0.3, -0.25) is 14.8 Å². The van der Waals surface area contributed by atoms with Crippen LogP contribution in [-0.4, -0.2) is 46.8 Å². The number of rotatable bonds is 3. The van der Waals surface area contributed by atoms with Gasteiger partial charge in [-0.2, -0.15) is 0 Å². The predicted octanol–water partition coefficient (Wildman–Crippen LogP) is 1.61. The molecule has 0 bridgehead atoms. The van der Waals surface area contributed by atoms with Crippen LogP contribution in [0.5, 0.6) is 0 Å². The van der Waals surface area contributed by atoms with E-state index in [1.54, 1.807) is 36.9 Å². The summed E-state index contributed by atoms with van der Waals surface area (Å²) in [7, 11) is -3.06. The maximum absolute atomic E-state index is 12.6. The lowest BCUT2D eigenvalue weighted by molar-refractivity contribution is 0.0936. The third kappa shape index (κ3) is 3.28. The van der Waals surface area contributed by atoms with E-state index in [0.29, 0.717) is 11.9 Å². The topological polar surface area (TPSA) is 102 Å². The van der Waals surface area contributed by atoms with E-state index in [-0.39, 0.29) is 29.1 Å². The van der Waals surface area contributed by atoms with Crippen LogP contribution in [-0.2, 0) is 9.84 Å². The highest BCUT2D eigenvalue weighted by Gasteiger charge is 2.29. The van der Waals surface area contributed by atoms with Crippen molar-refractivity contribution in [2.75, 3.05) is 11.5 Å². The van der Waals surface area contributed by atoms with Crippen molar-refractivity contribution >= 4 is 26.6 Å². The van der Waals surface area contributed by atoms with Gasteiger partial charge in [-0.25, -0.2) is 13.4 Å². The van der Waals surface area contributed by atoms with Crippen molar-refractivity contribution in [1.82, 2.24) is 20.3 Å². The van der Waals surface area contributed by atoms with Gasteiger partial charge in [0, 0.05) is 36.2 Å². The van der Waals surface area contributed by atoms with Crippen molar-refractivity contribution in [3.05, 3.63) is 54.7 Å². The van der Waals surface area contributed by atoms with Crippen LogP contribution in [0.2, 0.25) is 0 Å². The molecule has 1 N–H and O–H groups in total. The summed E-state index contributed by atoms with van der Waals surface area (Å²) in [5.74, 6) is -0.286. The molecule has 1 aliphatic heterocycles. The Balaban J connectivity index is 1.73. The molecule has 0 unspecified atom stereocenters. The summed E-state index contributed by atoms with van der Waals surface area (Å²) >= 11 is 0. The fraction of sp³-hybridized carbons (Fsp3) is 0.222. The molecule has 132 valence electrons. The second kappa shape index (κ2) is 6.45. The van der Waals surface area contributed by atoms with Crippen molar-refractivity contribution in [3.63, 3.8) is 0 Å². The first-order valence-corrected chi connectivity index (χ1v) is 10.0. The van der Waals surface area contributed by atoms with Gasteiger partial charge in [0.1, 0.15) is 5.69 Å². The fourth-order valence-corrected chi connectivity index (χ4v) is 4.80. The molecule has 7 nitrogen and oxygen atoms in total. The lowest BCUT2D eigenvalue weighted by atomic mass is 10.0. The van der Waals surface area contributed by atoms with Crippen molar-refractivity contribution in [2.24, 2.45) is 0 Å². The number of hydrogen-bond acceptors (Lipinski definition) is 6. The summed E-state index contributed by atoms with van der Waals surface area (Å²) in [6.07, 6.45) is 7.13. The van der Waals surface area contributed by atoms with E-state index in [9.17, 15) is 13.2 Å². The predicted molar refractivity (Wildman–Crippen MR) is 97.3 cm³/mol. The molecule has 1 saturated heterocycles. The van der Waals surface area contributed by atoms with Crippen LogP contribution in [0, 0.1) is 0 Å². The lowest BCUT2D eigenvalue weighted by Gasteiger charge is -2.13. The molecule has 3 aromatic heterocycles. The van der Waals surface area contributed by atoms with E-state index in [1.165, 1.54) is 0 Å². The minimum atomic E-state index is -3.06. The number of carbonyl (C=O) groups excluding carboxylic acids is 1. The summed E-state index contributed by atoms with van der Waals surface area (Å²) in [5, 5.41) is 3.62. The molecule has 0 spiro atoms. The van der Waals surface area contributed by atoms with Crippen LogP contribution in [0.4, 0.5) is 0 Å². The van der Waals surface area contributed by atoms with Gasteiger partial charge in [-0.1, -0.05) is 0 Å². The monoisotopic (exact) mass is 368 g/mol. The van der Waals surface area contributed by atoms with E-state index in [1.807, 2.05) is 12.1 Å². The summed E-state index contributed by atoms with van der Waals surface area (Å²) in [5.41, 5.74) is 2.63. The molecule has 1 aliphatic rings. The van der Waals surface area contributed by atoms with Gasteiger partial charge in [-0.15, -0.1) is 0 Å². The molecule has 0 aromatic carbocycles. The largest absolute Gasteiger partial charge is 0.347 e. The highest BCUT2D eigenvalue weighted by Crippen LogP contribution is 2.27. The van der Waals surface area contributed by atoms with Gasteiger partial charge in [0.15, 0.2) is 9.84 Å². The van der Waals surface area contributed by atoms with Crippen LogP contribution in [0.1, 0.15) is 16.9 Å². The zero-order valence-corrected chi connectivity index (χ0v) is 14.6. The van der Waals surface area contributed by atoms with Crippen molar-refractivity contribution in [3.8, 4) is 11.1 Å². The number of hydrogen-bond donors (Lipinski definition) is 1. The average Bonchev–Trinajstić information content (AvgIpc) is 2.99. The summed E-state index contributed by atoms with van der Waals surface area (Å²) in [6.45, 7) is 0. The number of nitrogens with zero attached hydrogens (tertiary/aromatic N) is 3. The highest BCUT2D eigenvalue weighted by atomic mass is 32.2. The van der Waals surface area contributed by atoms with Crippen molar-refractivity contribution in [1.29, 1.82) is 0 Å². The SMILES string of the molecule is O=C(N[C@@H]1CCS(=O)(=O)C1)c1cc(-c2ccncc2)c2cnccc2n1. The first-order chi connectivity index (χ1) is 12.5. The smallest absolute Gasteiger partial charge is 0.270 e. The number of fused-ring (bicyclic) bond motifs is 1. The molecular formula is C18H16N4O3S. The molecule has 26 heavy (non-hydrogen) atoms. The number of sulfone groups is 1. The lowest BCUT2D eigenvalue weighted by Crippen LogP contribution is -2.36. The molecule has 1 amide bonds. The maximum atomic E-state index is 12.6. The second-order valence-electron chi connectivity index (χ2n) is 6.26. The first kappa shape index (κ1) is 16.6. The van der Waals surface area contributed by atoms with Crippen molar-refractivity contribution in [2.45, 2.75) is 12.5 Å². The molecule has 0 saturated carbocycles. The van der Waals surface area contributed by atoms with E-state index in [4.69, 9.17) is 0 Å². The number of pyridine rings is 3. The molecule has 3 aromatic rings. The molecule has 0 radical (unpaired) electrons. The van der Waals surface area contributed by atoms with Gasteiger partial charge < -0.3 is 5.32 Å². The molecule has 8 heteroatoms. The number of carbonyl (C=O) groups is 1. The quantitative estimate of drug-likeness (QED) is 0.753. The number of aromatic nitrogens is 3. The van der Waals surface area contributed by atoms with Crippen LogP contribution in [0.25, 0.3) is 22.0 Å². The van der Waals surface area contributed by atoms with Crippen LogP contribution < -0.4 is 5.32 Å². The fourth-order valence-electron chi connectivity index (χ4n) is 3.12. The second-order valence-corrected chi connectivity index (χ2v) is 8.49. The molecule has 1 fully saturated rings. The van der Waals surface area contributed by atoms with Crippen LogP contribution in [0.3, 0.4) is 0 Å². The summed E-state index contributed by atoms with van der Waals surface area (Å²) in [6, 6.07) is 6.79. The molecular weight excluding hydrogens is 352 g/mol. The Morgan fingerprint density at radius 1 is 1.12 bits per heavy atom. The molecule has 1 atom stereocenters. The van der Waals surface area contributed by atoms with Gasteiger partial charge in [0.2, 0.25) is 0 Å². The molecule has 0 aliphatic carbocycles. The number of amides is 1. The maximum Gasteiger partial charge on any atom is 0.270 e. The van der Waals surface area contributed by atoms with Gasteiger partial charge >= 0.3 is 0 Å². The summed E-state index contributed by atoms with van der Waals surface area (Å²) < 4.78 is 23.2. The van der Waals surface area contributed by atoms with Gasteiger partial charge in [0.05, 0.1) is 17.0 Å². The third-order valence-corrected chi connectivity index (χ3v) is 6.17.